The van der Waals surface area contributed by atoms with Crippen LogP contribution in [-0.2, 0) is 33.6 Å². The van der Waals surface area contributed by atoms with Gasteiger partial charge in [-0.25, -0.2) is 0 Å². The summed E-state index contributed by atoms with van der Waals surface area (Å²) in [6.45, 7) is 6.24. The predicted molar refractivity (Wildman–Crippen MR) is 132 cm³/mol. The average molecular weight is 526 g/mol. The van der Waals surface area contributed by atoms with Crippen LogP contribution < -0.4 is 32.7 Å². The van der Waals surface area contributed by atoms with Crippen LogP contribution in [0.4, 0.5) is 0 Å². The number of rotatable bonds is 14. The van der Waals surface area contributed by atoms with Crippen LogP contribution >= 0.6 is 0 Å². The highest BCUT2D eigenvalue weighted by Crippen LogP contribution is 2.15. The van der Waals surface area contributed by atoms with Gasteiger partial charge in [-0.15, -0.1) is 0 Å². The van der Waals surface area contributed by atoms with Crippen molar-refractivity contribution in [2.75, 3.05) is 13.1 Å². The van der Waals surface area contributed by atoms with Crippen molar-refractivity contribution in [1.29, 1.82) is 0 Å². The van der Waals surface area contributed by atoms with E-state index in [0.717, 1.165) is 0 Å². The number of hydrogen-bond acceptors (Lipinski definition) is 8. The maximum absolute atomic E-state index is 13.0. The van der Waals surface area contributed by atoms with E-state index in [-0.39, 0.29) is 12.8 Å². The Morgan fingerprint density at radius 2 is 1.59 bits per heavy atom. The summed E-state index contributed by atoms with van der Waals surface area (Å²) in [5, 5.41) is 9.92. The molecule has 37 heavy (non-hydrogen) atoms. The highest BCUT2D eigenvalue weighted by molar-refractivity contribution is 5.95. The third-order valence-corrected chi connectivity index (χ3v) is 5.92. The molecule has 0 aromatic rings. The molecule has 0 bridgehead atoms. The summed E-state index contributed by atoms with van der Waals surface area (Å²) in [6.07, 6.45) is 1.56. The van der Waals surface area contributed by atoms with Crippen LogP contribution in [0, 0.1) is 5.92 Å². The minimum Gasteiger partial charge on any atom is -0.370 e. The standard InChI is InChI=1S/C23H39N7O7/c1-12(2)19(29-21(35)14(4)27-20(34)13(3)24)23(37)28-16(7-8-17(25)32)22(36)26-10-18(33)30-9-5-6-15(30)11-31/h11-16,19H,5-10,24H2,1-4H3,(H2,25,32)(H,26,36)(H,27,34)(H,28,37)(H,29,35)/t13-,14-,15-,16-,19-/m0/s1. The fourth-order valence-corrected chi connectivity index (χ4v) is 3.67. The molecule has 0 unspecified atom stereocenters. The Kier molecular flexibility index (Phi) is 12.7. The van der Waals surface area contributed by atoms with Crippen molar-refractivity contribution < 1.29 is 33.6 Å². The van der Waals surface area contributed by atoms with E-state index in [1.165, 1.54) is 18.7 Å². The molecular formula is C23H39N7O7. The Balaban J connectivity index is 2.86. The van der Waals surface area contributed by atoms with Gasteiger partial charge in [-0.3, -0.25) is 28.8 Å². The van der Waals surface area contributed by atoms with E-state index in [1.54, 1.807) is 13.8 Å². The molecular weight excluding hydrogens is 486 g/mol. The second kappa shape index (κ2) is 14.9. The molecule has 1 fully saturated rings. The first-order valence-electron chi connectivity index (χ1n) is 12.3. The highest BCUT2D eigenvalue weighted by Gasteiger charge is 2.32. The molecule has 0 spiro atoms. The lowest BCUT2D eigenvalue weighted by Gasteiger charge is -2.27. The average Bonchev–Trinajstić information content (AvgIpc) is 3.31. The third kappa shape index (κ3) is 10.1. The SMILES string of the molecule is CC(C)[C@H](NC(=O)[C@H](C)NC(=O)[C@H](C)N)C(=O)N[C@@H](CCC(N)=O)C(=O)NCC(=O)N1CCC[C@H]1C=O. The van der Waals surface area contributed by atoms with E-state index in [9.17, 15) is 33.6 Å². The lowest BCUT2D eigenvalue weighted by Crippen LogP contribution is -2.58. The smallest absolute Gasteiger partial charge is 0.243 e. The molecule has 14 heteroatoms. The lowest BCUT2D eigenvalue weighted by atomic mass is 10.0. The molecule has 5 atom stereocenters. The summed E-state index contributed by atoms with van der Waals surface area (Å²) >= 11 is 0. The predicted octanol–water partition coefficient (Wildman–Crippen LogP) is -2.96. The Hall–Kier alpha value is -3.55. The zero-order valence-electron chi connectivity index (χ0n) is 21.7. The van der Waals surface area contributed by atoms with Gasteiger partial charge in [0, 0.05) is 13.0 Å². The van der Waals surface area contributed by atoms with Gasteiger partial charge >= 0.3 is 0 Å². The van der Waals surface area contributed by atoms with E-state index < -0.39 is 78.1 Å². The van der Waals surface area contributed by atoms with Crippen molar-refractivity contribution in [3.05, 3.63) is 0 Å². The molecule has 1 heterocycles. The van der Waals surface area contributed by atoms with Crippen LogP contribution in [0.25, 0.3) is 0 Å². The minimum atomic E-state index is -1.22. The summed E-state index contributed by atoms with van der Waals surface area (Å²) < 4.78 is 0. The van der Waals surface area contributed by atoms with E-state index in [4.69, 9.17) is 11.5 Å². The molecule has 8 N–H and O–H groups in total. The number of nitrogens with two attached hydrogens (primary N) is 2. The van der Waals surface area contributed by atoms with Crippen molar-refractivity contribution in [3.8, 4) is 0 Å². The van der Waals surface area contributed by atoms with Crippen LogP contribution in [0.1, 0.15) is 53.4 Å². The van der Waals surface area contributed by atoms with Gasteiger partial charge in [0.15, 0.2) is 0 Å². The molecule has 1 aliphatic heterocycles. The second-order valence-corrected chi connectivity index (χ2v) is 9.47. The molecule has 1 aliphatic rings. The van der Waals surface area contributed by atoms with Gasteiger partial charge < -0.3 is 42.4 Å². The summed E-state index contributed by atoms with van der Waals surface area (Å²) in [5.74, 6) is -4.15. The molecule has 208 valence electrons. The molecule has 0 saturated carbocycles. The van der Waals surface area contributed by atoms with Gasteiger partial charge in [0.25, 0.3) is 0 Å². The first-order chi connectivity index (χ1) is 17.3. The van der Waals surface area contributed by atoms with Crippen molar-refractivity contribution in [2.45, 2.75) is 83.6 Å². The van der Waals surface area contributed by atoms with Crippen molar-refractivity contribution >= 4 is 41.7 Å². The zero-order chi connectivity index (χ0) is 28.3. The fourth-order valence-electron chi connectivity index (χ4n) is 3.67. The molecule has 0 aromatic heterocycles. The maximum Gasteiger partial charge on any atom is 0.243 e. The molecule has 1 saturated heterocycles. The molecule has 0 aromatic carbocycles. The van der Waals surface area contributed by atoms with Crippen molar-refractivity contribution in [3.63, 3.8) is 0 Å². The number of aldehydes is 1. The monoisotopic (exact) mass is 525 g/mol. The number of carbonyl (C=O) groups is 7. The van der Waals surface area contributed by atoms with Gasteiger partial charge in [0.05, 0.1) is 18.6 Å². The van der Waals surface area contributed by atoms with Gasteiger partial charge in [-0.05, 0) is 39.0 Å². The minimum absolute atomic E-state index is 0.138. The van der Waals surface area contributed by atoms with E-state index in [1.807, 2.05) is 0 Å². The molecule has 6 amide bonds. The Bertz CT molecular complexity index is 878. The summed E-state index contributed by atoms with van der Waals surface area (Å²) in [6, 6.07) is -4.64. The maximum atomic E-state index is 13.0. The third-order valence-electron chi connectivity index (χ3n) is 5.92. The number of hydrogen-bond donors (Lipinski definition) is 6. The lowest BCUT2D eigenvalue weighted by molar-refractivity contribution is -0.137. The first kappa shape index (κ1) is 31.5. The topological polar surface area (TPSA) is 223 Å². The second-order valence-electron chi connectivity index (χ2n) is 9.47. The Morgan fingerprint density at radius 1 is 0.946 bits per heavy atom. The van der Waals surface area contributed by atoms with Crippen LogP contribution in [0.3, 0.4) is 0 Å². The van der Waals surface area contributed by atoms with Crippen molar-refractivity contribution in [1.82, 2.24) is 26.2 Å². The van der Waals surface area contributed by atoms with E-state index in [2.05, 4.69) is 21.3 Å². The van der Waals surface area contributed by atoms with Gasteiger partial charge in [0.1, 0.15) is 24.4 Å². The number of carbonyl (C=O) groups excluding carboxylic acids is 7. The first-order valence-corrected chi connectivity index (χ1v) is 12.3. The molecule has 14 nitrogen and oxygen atoms in total. The molecule has 0 radical (unpaired) electrons. The fraction of sp³-hybridized carbons (Fsp3) is 0.696. The molecule has 1 rings (SSSR count). The largest absolute Gasteiger partial charge is 0.370 e. The van der Waals surface area contributed by atoms with Crippen LogP contribution in [-0.4, -0.2) is 89.9 Å². The molecule has 0 aliphatic carbocycles. The van der Waals surface area contributed by atoms with Crippen molar-refractivity contribution in [2.24, 2.45) is 17.4 Å². The van der Waals surface area contributed by atoms with Crippen LogP contribution in [0.15, 0.2) is 0 Å². The van der Waals surface area contributed by atoms with E-state index in [0.29, 0.717) is 25.7 Å². The number of nitrogens with one attached hydrogen (secondary N) is 4. The van der Waals surface area contributed by atoms with Crippen LogP contribution in [0.2, 0.25) is 0 Å². The number of amides is 6. The number of likely N-dealkylation sites (tertiary alicyclic amines) is 1. The zero-order valence-corrected chi connectivity index (χ0v) is 21.7. The van der Waals surface area contributed by atoms with Gasteiger partial charge in [0.2, 0.25) is 35.4 Å². The summed E-state index contributed by atoms with van der Waals surface area (Å²) in [5.41, 5.74) is 10.7. The summed E-state index contributed by atoms with van der Waals surface area (Å²) in [7, 11) is 0. The number of primary amides is 1. The van der Waals surface area contributed by atoms with Crippen LogP contribution in [0.5, 0.6) is 0 Å². The Labute approximate surface area is 216 Å². The summed E-state index contributed by atoms with van der Waals surface area (Å²) in [4.78, 5) is 86.4. The normalized spacial score (nSPS) is 18.2. The highest BCUT2D eigenvalue weighted by atomic mass is 16.2. The van der Waals surface area contributed by atoms with Gasteiger partial charge in [-0.2, -0.15) is 0 Å². The number of nitrogens with zero attached hydrogens (tertiary/aromatic N) is 1. The van der Waals surface area contributed by atoms with Gasteiger partial charge in [-0.1, -0.05) is 13.8 Å². The Morgan fingerprint density at radius 3 is 2.14 bits per heavy atom. The quantitative estimate of drug-likeness (QED) is 0.128. The van der Waals surface area contributed by atoms with E-state index >= 15 is 0 Å².